The smallest absolute Gasteiger partial charge is 0.0545 e. The molecule has 1 aliphatic heterocycles. The first-order valence-electron chi connectivity index (χ1n) is 6.73. The van der Waals surface area contributed by atoms with Crippen LogP contribution in [0.4, 0.5) is 0 Å². The molecule has 0 aliphatic carbocycles. The van der Waals surface area contributed by atoms with Crippen LogP contribution in [0.15, 0.2) is 18.2 Å². The van der Waals surface area contributed by atoms with Crippen molar-refractivity contribution in [2.45, 2.75) is 13.1 Å². The first-order valence-corrected chi connectivity index (χ1v) is 6.73. The third-order valence-electron chi connectivity index (χ3n) is 2.91. The van der Waals surface area contributed by atoms with Crippen LogP contribution in [0.2, 0.25) is 0 Å². The molecule has 0 fully saturated rings. The van der Waals surface area contributed by atoms with E-state index in [1.807, 2.05) is 0 Å². The highest BCUT2D eigenvalue weighted by atomic mass is 15.0. The molecule has 2 bridgehead atoms. The monoisotopic (exact) mass is 249 g/mol. The van der Waals surface area contributed by atoms with Gasteiger partial charge in [0.05, 0.1) is 11.4 Å². The third-order valence-corrected chi connectivity index (χ3v) is 2.91. The summed E-state index contributed by atoms with van der Waals surface area (Å²) in [6.45, 7) is 7.68. The molecule has 5 heteroatoms. The lowest BCUT2D eigenvalue weighted by atomic mass is 10.3. The van der Waals surface area contributed by atoms with Crippen molar-refractivity contribution in [3.63, 3.8) is 0 Å². The summed E-state index contributed by atoms with van der Waals surface area (Å²) in [5, 5.41) is 13.6. The van der Waals surface area contributed by atoms with Crippen molar-refractivity contribution < 1.29 is 0 Å². The quantitative estimate of drug-likeness (QED) is 0.497. The summed E-state index contributed by atoms with van der Waals surface area (Å²) in [6.07, 6.45) is 0. The van der Waals surface area contributed by atoms with Crippen LogP contribution < -0.4 is 21.3 Å². The van der Waals surface area contributed by atoms with E-state index in [0.717, 1.165) is 63.7 Å². The summed E-state index contributed by atoms with van der Waals surface area (Å²) >= 11 is 0. The number of fused-ring (bicyclic) bond motifs is 2. The van der Waals surface area contributed by atoms with Crippen molar-refractivity contribution in [1.29, 1.82) is 0 Å². The van der Waals surface area contributed by atoms with Crippen molar-refractivity contribution in [2.75, 3.05) is 39.3 Å². The molecule has 2 heterocycles. The molecule has 1 aliphatic rings. The zero-order chi connectivity index (χ0) is 12.5. The van der Waals surface area contributed by atoms with Gasteiger partial charge < -0.3 is 21.3 Å². The molecule has 0 atom stereocenters. The molecule has 1 aromatic rings. The first kappa shape index (κ1) is 13.4. The van der Waals surface area contributed by atoms with E-state index in [9.17, 15) is 0 Å². The highest BCUT2D eigenvalue weighted by molar-refractivity contribution is 5.11. The van der Waals surface area contributed by atoms with E-state index >= 15 is 0 Å². The van der Waals surface area contributed by atoms with Crippen LogP contribution in [0.25, 0.3) is 0 Å². The van der Waals surface area contributed by atoms with Gasteiger partial charge in [-0.15, -0.1) is 0 Å². The van der Waals surface area contributed by atoms with Crippen LogP contribution >= 0.6 is 0 Å². The summed E-state index contributed by atoms with van der Waals surface area (Å²) in [5.74, 6) is 0. The van der Waals surface area contributed by atoms with Gasteiger partial charge in [-0.3, -0.25) is 4.98 Å². The lowest BCUT2D eigenvalue weighted by Gasteiger charge is -2.06. The second-order valence-electron chi connectivity index (χ2n) is 4.47. The van der Waals surface area contributed by atoms with Gasteiger partial charge in [-0.1, -0.05) is 6.07 Å². The zero-order valence-corrected chi connectivity index (χ0v) is 10.8. The van der Waals surface area contributed by atoms with Crippen LogP contribution in [0.3, 0.4) is 0 Å². The van der Waals surface area contributed by atoms with Crippen molar-refractivity contribution in [2.24, 2.45) is 0 Å². The average Bonchev–Trinajstić information content (AvgIpc) is 2.40. The second-order valence-corrected chi connectivity index (χ2v) is 4.47. The van der Waals surface area contributed by atoms with E-state index in [-0.39, 0.29) is 0 Å². The fourth-order valence-corrected chi connectivity index (χ4v) is 1.94. The highest BCUT2D eigenvalue weighted by Crippen LogP contribution is 1.99. The van der Waals surface area contributed by atoms with Crippen LogP contribution in [0, 0.1) is 0 Å². The number of nitrogens with zero attached hydrogens (tertiary/aromatic N) is 1. The fourth-order valence-electron chi connectivity index (χ4n) is 1.94. The lowest BCUT2D eigenvalue weighted by Crippen LogP contribution is -2.34. The molecule has 0 amide bonds. The summed E-state index contributed by atoms with van der Waals surface area (Å²) < 4.78 is 0. The highest BCUT2D eigenvalue weighted by Gasteiger charge is 1.99. The predicted molar refractivity (Wildman–Crippen MR) is 73.4 cm³/mol. The van der Waals surface area contributed by atoms with Gasteiger partial charge in [0.1, 0.15) is 0 Å². The van der Waals surface area contributed by atoms with Gasteiger partial charge in [0.15, 0.2) is 0 Å². The minimum Gasteiger partial charge on any atom is -0.314 e. The van der Waals surface area contributed by atoms with Crippen molar-refractivity contribution >= 4 is 0 Å². The maximum atomic E-state index is 4.62. The van der Waals surface area contributed by atoms with Gasteiger partial charge in [0, 0.05) is 52.4 Å². The van der Waals surface area contributed by atoms with Gasteiger partial charge in [0.25, 0.3) is 0 Å². The van der Waals surface area contributed by atoms with Crippen LogP contribution in [-0.4, -0.2) is 44.3 Å². The minimum absolute atomic E-state index is 0.841. The predicted octanol–water partition coefficient (Wildman–Crippen LogP) is -0.546. The van der Waals surface area contributed by atoms with Gasteiger partial charge in [-0.05, 0) is 12.1 Å². The van der Waals surface area contributed by atoms with Crippen molar-refractivity contribution in [3.8, 4) is 0 Å². The number of rotatable bonds is 0. The molecule has 100 valence electrons. The Balaban J connectivity index is 1.87. The van der Waals surface area contributed by atoms with E-state index in [1.54, 1.807) is 0 Å². The Bertz CT molecular complexity index is 313. The number of aromatic nitrogens is 1. The minimum atomic E-state index is 0.841. The lowest BCUT2D eigenvalue weighted by molar-refractivity contribution is 0.568. The molecule has 18 heavy (non-hydrogen) atoms. The first-order chi connectivity index (χ1) is 8.95. The van der Waals surface area contributed by atoms with E-state index in [0.29, 0.717) is 0 Å². The maximum Gasteiger partial charge on any atom is 0.0545 e. The molecule has 0 saturated carbocycles. The third kappa shape index (κ3) is 5.10. The molecular weight excluding hydrogens is 226 g/mol. The Morgan fingerprint density at radius 3 is 1.61 bits per heavy atom. The molecule has 1 aromatic heterocycles. The van der Waals surface area contributed by atoms with E-state index < -0.39 is 0 Å². The van der Waals surface area contributed by atoms with E-state index in [4.69, 9.17) is 0 Å². The van der Waals surface area contributed by atoms with Gasteiger partial charge in [-0.2, -0.15) is 0 Å². The Kier molecular flexibility index (Phi) is 6.08. The molecule has 2 rings (SSSR count). The maximum absolute atomic E-state index is 4.62. The molecule has 0 radical (unpaired) electrons. The molecule has 5 nitrogen and oxygen atoms in total. The Hall–Kier alpha value is -1.01. The molecule has 0 saturated heterocycles. The van der Waals surface area contributed by atoms with Crippen LogP contribution in [0.5, 0.6) is 0 Å². The molecule has 0 spiro atoms. The van der Waals surface area contributed by atoms with Crippen molar-refractivity contribution in [1.82, 2.24) is 26.3 Å². The van der Waals surface area contributed by atoms with Crippen LogP contribution in [0.1, 0.15) is 11.4 Å². The number of pyridine rings is 1. The second kappa shape index (κ2) is 8.16. The number of hydrogen-bond acceptors (Lipinski definition) is 5. The Morgan fingerprint density at radius 2 is 1.11 bits per heavy atom. The standard InChI is InChI=1S/C13H23N5/c1-2-12-10-16-8-6-14-4-5-15-7-9-17-11-13(3-1)18-12/h1-3,14-17H,4-11H2. The summed E-state index contributed by atoms with van der Waals surface area (Å²) in [4.78, 5) is 4.62. The van der Waals surface area contributed by atoms with E-state index in [1.165, 1.54) is 0 Å². The van der Waals surface area contributed by atoms with E-state index in [2.05, 4.69) is 44.5 Å². The molecule has 0 aromatic carbocycles. The summed E-state index contributed by atoms with van der Waals surface area (Å²) in [7, 11) is 0. The zero-order valence-electron chi connectivity index (χ0n) is 10.8. The normalized spacial score (nSPS) is 19.8. The van der Waals surface area contributed by atoms with Crippen molar-refractivity contribution in [3.05, 3.63) is 29.6 Å². The number of nitrogens with one attached hydrogen (secondary N) is 4. The summed E-state index contributed by atoms with van der Waals surface area (Å²) in [6, 6.07) is 6.22. The SMILES string of the molecule is c1cc2nc(c1)CNCCNCCNCCNC2. The Morgan fingerprint density at radius 1 is 0.667 bits per heavy atom. The number of hydrogen-bond donors (Lipinski definition) is 4. The topological polar surface area (TPSA) is 61.0 Å². The largest absolute Gasteiger partial charge is 0.314 e. The fraction of sp³-hybridized carbons (Fsp3) is 0.615. The molecule has 4 N–H and O–H groups in total. The molecule has 0 unspecified atom stereocenters. The average molecular weight is 249 g/mol. The Labute approximate surface area is 109 Å². The molecular formula is C13H23N5. The van der Waals surface area contributed by atoms with Gasteiger partial charge in [0.2, 0.25) is 0 Å². The van der Waals surface area contributed by atoms with Gasteiger partial charge in [-0.25, -0.2) is 0 Å². The van der Waals surface area contributed by atoms with Crippen LogP contribution in [-0.2, 0) is 13.1 Å². The van der Waals surface area contributed by atoms with Gasteiger partial charge >= 0.3 is 0 Å². The summed E-state index contributed by atoms with van der Waals surface area (Å²) in [5.41, 5.74) is 2.23.